The molecule has 2 aromatic heterocycles. The van der Waals surface area contributed by atoms with Gasteiger partial charge in [0.05, 0.1) is 34.7 Å². The van der Waals surface area contributed by atoms with E-state index in [1.54, 1.807) is 36.4 Å². The maximum atomic E-state index is 14.0. The number of amides is 1. The first-order valence-electron chi connectivity index (χ1n) is 13.5. The zero-order chi connectivity index (χ0) is 30.4. The van der Waals surface area contributed by atoms with Crippen LogP contribution < -0.4 is 11.3 Å². The van der Waals surface area contributed by atoms with Gasteiger partial charge in [0.15, 0.2) is 4.90 Å². The smallest absolute Gasteiger partial charge is 0.277 e. The van der Waals surface area contributed by atoms with Crippen LogP contribution in [-0.2, 0) is 27.5 Å². The van der Waals surface area contributed by atoms with E-state index >= 15 is 0 Å². The first kappa shape index (κ1) is 30.1. The highest BCUT2D eigenvalue weighted by molar-refractivity contribution is 7.91. The number of aromatic hydroxyl groups is 1. The number of unbranched alkanes of at least 4 members (excludes halogenated alkanes) is 1. The Morgan fingerprint density at radius 2 is 1.86 bits per heavy atom. The normalized spacial score (nSPS) is 12.0. The number of carbonyl (C=O) groups is 1. The van der Waals surface area contributed by atoms with Crippen LogP contribution in [0, 0.1) is 11.3 Å². The molecule has 10 nitrogen and oxygen atoms in total. The fraction of sp³-hybridized carbons (Fsp3) is 0.258. The van der Waals surface area contributed by atoms with Crippen molar-refractivity contribution in [2.24, 2.45) is 5.73 Å². The quantitative estimate of drug-likeness (QED) is 0.265. The van der Waals surface area contributed by atoms with Crippen molar-refractivity contribution in [3.63, 3.8) is 0 Å². The van der Waals surface area contributed by atoms with Crippen molar-refractivity contribution in [2.75, 3.05) is 0 Å². The van der Waals surface area contributed by atoms with Gasteiger partial charge in [0, 0.05) is 18.2 Å². The Hall–Kier alpha value is -4.82. The maximum absolute atomic E-state index is 14.0. The average Bonchev–Trinajstić information content (AvgIpc) is 2.97. The molecule has 0 saturated carbocycles. The van der Waals surface area contributed by atoms with Crippen molar-refractivity contribution >= 4 is 15.7 Å². The molecule has 0 unspecified atom stereocenters. The molecule has 0 radical (unpaired) electrons. The van der Waals surface area contributed by atoms with E-state index in [2.05, 4.69) is 16.0 Å². The number of hydrogen-bond donors (Lipinski definition) is 2. The van der Waals surface area contributed by atoms with Gasteiger partial charge in [0.1, 0.15) is 5.82 Å². The van der Waals surface area contributed by atoms with Crippen LogP contribution in [0.5, 0.6) is 5.88 Å². The Morgan fingerprint density at radius 1 is 1.12 bits per heavy atom. The second-order valence-corrected chi connectivity index (χ2v) is 11.7. The molecule has 42 heavy (non-hydrogen) atoms. The number of nitrogens with two attached hydrogens (primary N) is 1. The van der Waals surface area contributed by atoms with Crippen molar-refractivity contribution in [3.05, 3.63) is 99.9 Å². The highest BCUT2D eigenvalue weighted by Gasteiger charge is 2.31. The molecule has 1 atom stereocenters. The van der Waals surface area contributed by atoms with Crippen LogP contribution in [0.25, 0.3) is 11.1 Å². The van der Waals surface area contributed by atoms with E-state index < -0.39 is 38.1 Å². The number of nitrogens with zero attached hydrogens (tertiary/aromatic N) is 4. The Labute approximate surface area is 244 Å². The molecule has 0 spiro atoms. The molecule has 0 aliphatic carbocycles. The predicted octanol–water partition coefficient (Wildman–Crippen LogP) is 4.09. The average molecular weight is 586 g/mol. The first-order chi connectivity index (χ1) is 20.1. The van der Waals surface area contributed by atoms with Crippen molar-refractivity contribution in [2.45, 2.75) is 61.8 Å². The second kappa shape index (κ2) is 12.8. The van der Waals surface area contributed by atoms with Crippen LogP contribution in [0.4, 0.5) is 0 Å². The van der Waals surface area contributed by atoms with Gasteiger partial charge in [-0.15, -0.1) is 0 Å². The van der Waals surface area contributed by atoms with Crippen LogP contribution in [0.15, 0.2) is 81.4 Å². The Morgan fingerprint density at radius 3 is 2.50 bits per heavy atom. The summed E-state index contributed by atoms with van der Waals surface area (Å²) in [6.07, 6.45) is 3.66. The molecular formula is C31H31N5O5S. The second-order valence-electron chi connectivity index (χ2n) is 9.79. The summed E-state index contributed by atoms with van der Waals surface area (Å²) in [5.41, 5.74) is 7.16. The lowest BCUT2D eigenvalue weighted by molar-refractivity contribution is -0.117. The van der Waals surface area contributed by atoms with Gasteiger partial charge in [-0.2, -0.15) is 10.2 Å². The van der Waals surface area contributed by atoms with E-state index in [4.69, 9.17) is 5.73 Å². The molecule has 4 rings (SSSR count). The van der Waals surface area contributed by atoms with E-state index in [-0.39, 0.29) is 17.1 Å². The minimum Gasteiger partial charge on any atom is -0.492 e. The standard InChI is InChI=1S/C31H31N5O5S/c1-3-5-11-28-35-30(38)29(31(39)36(28)26(4-2)22-9-6-8-20(17-22)19-32)42(40,41)23-14-12-21(13-15-23)24-10-7-16-34-25(24)18-27(33)37/h6-10,12-17,26,38H,3-5,11,18H2,1-2H3,(H2,33,37)/t26-/m0/s1. The van der Waals surface area contributed by atoms with Crippen LogP contribution in [0.3, 0.4) is 0 Å². The Kier molecular flexibility index (Phi) is 9.18. The van der Waals surface area contributed by atoms with Gasteiger partial charge < -0.3 is 10.8 Å². The van der Waals surface area contributed by atoms with Gasteiger partial charge in [-0.1, -0.05) is 50.6 Å². The lowest BCUT2D eigenvalue weighted by Gasteiger charge is -2.23. The lowest BCUT2D eigenvalue weighted by Crippen LogP contribution is -2.33. The summed E-state index contributed by atoms with van der Waals surface area (Å²) in [6, 6.07) is 17.4. The molecule has 0 aliphatic heterocycles. The molecule has 0 saturated heterocycles. The molecule has 2 aromatic carbocycles. The summed E-state index contributed by atoms with van der Waals surface area (Å²) in [6.45, 7) is 3.82. The molecule has 4 aromatic rings. The third-order valence-electron chi connectivity index (χ3n) is 6.96. The fourth-order valence-electron chi connectivity index (χ4n) is 4.94. The lowest BCUT2D eigenvalue weighted by atomic mass is 10.0. The number of sulfone groups is 1. The minimum atomic E-state index is -4.51. The molecule has 2 heterocycles. The fourth-order valence-corrected chi connectivity index (χ4v) is 6.28. The van der Waals surface area contributed by atoms with E-state index in [1.165, 1.54) is 35.0 Å². The topological polar surface area (TPSA) is 169 Å². The predicted molar refractivity (Wildman–Crippen MR) is 156 cm³/mol. The molecule has 0 fully saturated rings. The number of aryl methyl sites for hydroxylation is 1. The van der Waals surface area contributed by atoms with E-state index in [0.717, 1.165) is 6.42 Å². The number of benzene rings is 2. The number of rotatable bonds is 11. The largest absolute Gasteiger partial charge is 0.492 e. The summed E-state index contributed by atoms with van der Waals surface area (Å²) >= 11 is 0. The van der Waals surface area contributed by atoms with Crippen LogP contribution in [-0.4, -0.2) is 34.0 Å². The zero-order valence-corrected chi connectivity index (χ0v) is 24.1. The van der Waals surface area contributed by atoms with Crippen molar-refractivity contribution < 1.29 is 18.3 Å². The highest BCUT2D eigenvalue weighted by Crippen LogP contribution is 2.31. The van der Waals surface area contributed by atoms with Gasteiger partial charge in [0.2, 0.25) is 21.6 Å². The SMILES string of the molecule is CCCCc1nc(O)c(S(=O)(=O)c2ccc(-c3cccnc3CC(N)=O)cc2)c(=O)n1[C@@H](CC)c1cccc(C#N)c1. The molecule has 0 aliphatic rings. The molecular weight excluding hydrogens is 554 g/mol. The van der Waals surface area contributed by atoms with E-state index in [9.17, 15) is 28.4 Å². The monoisotopic (exact) mass is 585 g/mol. The number of nitriles is 1. The van der Waals surface area contributed by atoms with Gasteiger partial charge in [-0.25, -0.2) is 8.42 Å². The van der Waals surface area contributed by atoms with Crippen LogP contribution in [0.2, 0.25) is 0 Å². The summed E-state index contributed by atoms with van der Waals surface area (Å²) in [5, 5.41) is 20.3. The number of carbonyl (C=O) groups excluding carboxylic acids is 1. The van der Waals surface area contributed by atoms with Crippen LogP contribution in [0.1, 0.15) is 61.8 Å². The first-order valence-corrected chi connectivity index (χ1v) is 15.0. The third-order valence-corrected chi connectivity index (χ3v) is 8.75. The molecule has 1 amide bonds. The maximum Gasteiger partial charge on any atom is 0.277 e. The Balaban J connectivity index is 1.85. The number of hydrogen-bond acceptors (Lipinski definition) is 8. The van der Waals surface area contributed by atoms with Crippen molar-refractivity contribution in [1.29, 1.82) is 5.26 Å². The van der Waals surface area contributed by atoms with Gasteiger partial charge in [-0.3, -0.25) is 19.1 Å². The molecule has 3 N–H and O–H groups in total. The summed E-state index contributed by atoms with van der Waals surface area (Å²) in [4.78, 5) is 32.9. The molecule has 216 valence electrons. The Bertz CT molecular complexity index is 1830. The number of aromatic nitrogens is 3. The van der Waals surface area contributed by atoms with Gasteiger partial charge in [-0.05, 0) is 54.3 Å². The molecule has 11 heteroatoms. The summed E-state index contributed by atoms with van der Waals surface area (Å²) in [5.74, 6) is -1.15. The highest BCUT2D eigenvalue weighted by atomic mass is 32.2. The van der Waals surface area contributed by atoms with Gasteiger partial charge >= 0.3 is 0 Å². The number of pyridine rings is 1. The van der Waals surface area contributed by atoms with Crippen LogP contribution >= 0.6 is 0 Å². The van der Waals surface area contributed by atoms with Crippen molar-refractivity contribution in [1.82, 2.24) is 14.5 Å². The summed E-state index contributed by atoms with van der Waals surface area (Å²) in [7, 11) is -4.51. The van der Waals surface area contributed by atoms with Gasteiger partial charge in [0.25, 0.3) is 5.56 Å². The summed E-state index contributed by atoms with van der Waals surface area (Å²) < 4.78 is 29.0. The molecule has 0 bridgehead atoms. The van der Waals surface area contributed by atoms with Crippen molar-refractivity contribution in [3.8, 4) is 23.1 Å². The zero-order valence-electron chi connectivity index (χ0n) is 23.3. The van der Waals surface area contributed by atoms with E-state index in [1.807, 2.05) is 13.8 Å². The van der Waals surface area contributed by atoms with E-state index in [0.29, 0.717) is 47.2 Å². The minimum absolute atomic E-state index is 0.0877. The third kappa shape index (κ3) is 6.09. The number of primary amides is 1.